The largest absolute Gasteiger partial charge is 0.392 e. The van der Waals surface area contributed by atoms with Gasteiger partial charge in [0.1, 0.15) is 0 Å². The van der Waals surface area contributed by atoms with Crippen LogP contribution in [0.5, 0.6) is 0 Å². The van der Waals surface area contributed by atoms with Crippen molar-refractivity contribution in [1.29, 1.82) is 0 Å². The zero-order chi connectivity index (χ0) is 10.3. The van der Waals surface area contributed by atoms with E-state index in [1.165, 1.54) is 0 Å². The fourth-order valence-corrected chi connectivity index (χ4v) is 2.90. The Kier molecular flexibility index (Phi) is 2.79. The highest BCUT2D eigenvalue weighted by Crippen LogP contribution is 2.28. The summed E-state index contributed by atoms with van der Waals surface area (Å²) in [5.41, 5.74) is 0. The summed E-state index contributed by atoms with van der Waals surface area (Å²) in [4.78, 5) is 4.42. The van der Waals surface area contributed by atoms with Crippen molar-refractivity contribution < 1.29 is 10.2 Å². The highest BCUT2D eigenvalue weighted by Gasteiger charge is 2.40. The van der Waals surface area contributed by atoms with Crippen molar-refractivity contribution in [2.75, 3.05) is 27.2 Å². The quantitative estimate of drug-likeness (QED) is 0.577. The molecule has 2 rings (SSSR count). The second kappa shape index (κ2) is 3.77. The minimum absolute atomic E-state index is 0.184. The Labute approximate surface area is 85.1 Å². The maximum Gasteiger partial charge on any atom is 0.0682 e. The van der Waals surface area contributed by atoms with Gasteiger partial charge in [-0.3, -0.25) is 9.80 Å². The second-order valence-corrected chi connectivity index (χ2v) is 4.79. The van der Waals surface area contributed by atoms with Crippen LogP contribution < -0.4 is 0 Å². The van der Waals surface area contributed by atoms with Gasteiger partial charge in [0.2, 0.25) is 0 Å². The van der Waals surface area contributed by atoms with E-state index in [9.17, 15) is 10.2 Å². The molecule has 0 saturated carbocycles. The molecule has 0 aromatic heterocycles. The predicted octanol–water partition coefficient (Wildman–Crippen LogP) is -0.884. The Balaban J connectivity index is 2.01. The summed E-state index contributed by atoms with van der Waals surface area (Å²) in [7, 11) is 4.11. The molecule has 2 saturated heterocycles. The molecule has 2 fully saturated rings. The van der Waals surface area contributed by atoms with Gasteiger partial charge in [-0.25, -0.2) is 0 Å². The number of rotatable bonds is 1. The Morgan fingerprint density at radius 2 is 1.21 bits per heavy atom. The molecule has 82 valence electrons. The number of aliphatic hydroxyl groups is 2. The van der Waals surface area contributed by atoms with Gasteiger partial charge in [0.05, 0.1) is 12.2 Å². The van der Waals surface area contributed by atoms with Gasteiger partial charge in [-0.1, -0.05) is 0 Å². The second-order valence-electron chi connectivity index (χ2n) is 4.79. The van der Waals surface area contributed by atoms with E-state index in [1.54, 1.807) is 0 Å². The summed E-state index contributed by atoms with van der Waals surface area (Å²) in [5.74, 6) is 0. The summed E-state index contributed by atoms with van der Waals surface area (Å²) >= 11 is 0. The predicted molar refractivity (Wildman–Crippen MR) is 54.1 cm³/mol. The van der Waals surface area contributed by atoms with Crippen LogP contribution in [-0.2, 0) is 0 Å². The first kappa shape index (κ1) is 10.4. The number of nitrogens with zero attached hydrogens (tertiary/aromatic N) is 2. The minimum Gasteiger partial charge on any atom is -0.392 e. The first-order chi connectivity index (χ1) is 6.58. The highest BCUT2D eigenvalue weighted by atomic mass is 16.3. The molecule has 2 heterocycles. The third kappa shape index (κ3) is 1.80. The topological polar surface area (TPSA) is 46.9 Å². The third-order valence-electron chi connectivity index (χ3n) is 3.60. The van der Waals surface area contributed by atoms with Crippen LogP contribution in [0.2, 0.25) is 0 Å². The zero-order valence-electron chi connectivity index (χ0n) is 8.93. The summed E-state index contributed by atoms with van der Waals surface area (Å²) in [6, 6.07) is 0.819. The lowest BCUT2D eigenvalue weighted by Gasteiger charge is -2.30. The Morgan fingerprint density at radius 3 is 1.43 bits per heavy atom. The lowest BCUT2D eigenvalue weighted by Crippen LogP contribution is -2.42. The molecular weight excluding hydrogens is 180 g/mol. The maximum atomic E-state index is 9.56. The summed E-state index contributed by atoms with van der Waals surface area (Å²) in [5, 5.41) is 19.1. The van der Waals surface area contributed by atoms with Gasteiger partial charge in [0.25, 0.3) is 0 Å². The van der Waals surface area contributed by atoms with Gasteiger partial charge in [-0.05, 0) is 26.9 Å². The Morgan fingerprint density at radius 1 is 0.857 bits per heavy atom. The van der Waals surface area contributed by atoms with Crippen LogP contribution in [0.4, 0.5) is 0 Å². The average Bonchev–Trinajstić information content (AvgIpc) is 2.55. The lowest BCUT2D eigenvalue weighted by molar-refractivity contribution is 0.176. The molecule has 2 N–H and O–H groups in total. The van der Waals surface area contributed by atoms with E-state index < -0.39 is 0 Å². The molecule has 2 aliphatic rings. The average molecular weight is 200 g/mol. The molecule has 3 unspecified atom stereocenters. The normalized spacial score (nSPS) is 46.3. The summed E-state index contributed by atoms with van der Waals surface area (Å²) < 4.78 is 0. The van der Waals surface area contributed by atoms with Crippen molar-refractivity contribution in [3.63, 3.8) is 0 Å². The van der Waals surface area contributed by atoms with Crippen LogP contribution in [0, 0.1) is 0 Å². The van der Waals surface area contributed by atoms with Crippen molar-refractivity contribution in [3.05, 3.63) is 0 Å². The van der Waals surface area contributed by atoms with Crippen LogP contribution in [0.3, 0.4) is 0 Å². The fraction of sp³-hybridized carbons (Fsp3) is 1.00. The number of likely N-dealkylation sites (N-methyl/N-ethyl adjacent to an activating group) is 2. The number of β-amino-alcohol motifs (C(OH)–C–C–N with tert-alkyl or cyclic N) is 2. The highest BCUT2D eigenvalue weighted by molar-refractivity contribution is 4.96. The van der Waals surface area contributed by atoms with Crippen LogP contribution in [0.15, 0.2) is 0 Å². The third-order valence-corrected chi connectivity index (χ3v) is 3.60. The Bertz CT molecular complexity index is 190. The molecule has 4 nitrogen and oxygen atoms in total. The van der Waals surface area contributed by atoms with Crippen LogP contribution in [0.25, 0.3) is 0 Å². The standard InChI is InChI=1S/C10H20N2O2/c1-11-5-7(13)3-9(11)10-4-8(14)6-12(10)2/h7-10,13-14H,3-6H2,1-2H3/t7-,8?,9?,10?/m1/s1. The van der Waals surface area contributed by atoms with E-state index in [2.05, 4.69) is 23.9 Å². The number of likely N-dealkylation sites (tertiary alicyclic amines) is 2. The van der Waals surface area contributed by atoms with Gasteiger partial charge in [-0.2, -0.15) is 0 Å². The number of hydrogen-bond donors (Lipinski definition) is 2. The molecular formula is C10H20N2O2. The molecule has 0 aromatic rings. The molecule has 0 radical (unpaired) electrons. The van der Waals surface area contributed by atoms with E-state index in [4.69, 9.17) is 0 Å². The van der Waals surface area contributed by atoms with E-state index in [0.717, 1.165) is 25.9 Å². The minimum atomic E-state index is -0.184. The van der Waals surface area contributed by atoms with Crippen LogP contribution in [0.1, 0.15) is 12.8 Å². The van der Waals surface area contributed by atoms with Crippen LogP contribution in [-0.4, -0.2) is 71.5 Å². The molecule has 4 heteroatoms. The van der Waals surface area contributed by atoms with E-state index in [-0.39, 0.29) is 12.2 Å². The van der Waals surface area contributed by atoms with Crippen molar-refractivity contribution in [1.82, 2.24) is 9.80 Å². The first-order valence-electron chi connectivity index (χ1n) is 5.34. The number of hydrogen-bond acceptors (Lipinski definition) is 4. The maximum absolute atomic E-state index is 9.56. The van der Waals surface area contributed by atoms with Crippen molar-refractivity contribution in [3.8, 4) is 0 Å². The van der Waals surface area contributed by atoms with Crippen molar-refractivity contribution in [2.24, 2.45) is 0 Å². The van der Waals surface area contributed by atoms with Gasteiger partial charge in [0, 0.05) is 25.2 Å². The first-order valence-corrected chi connectivity index (χ1v) is 5.34. The Hall–Kier alpha value is -0.160. The molecule has 2 aliphatic heterocycles. The van der Waals surface area contributed by atoms with E-state index in [0.29, 0.717) is 12.1 Å². The SMILES string of the molecule is CN1CC(O)CC1C1C[C@@H](O)CN1C. The molecule has 0 spiro atoms. The van der Waals surface area contributed by atoms with E-state index in [1.807, 2.05) is 0 Å². The van der Waals surface area contributed by atoms with Gasteiger partial charge in [0.15, 0.2) is 0 Å². The monoisotopic (exact) mass is 200 g/mol. The molecule has 0 amide bonds. The van der Waals surface area contributed by atoms with Crippen molar-refractivity contribution in [2.45, 2.75) is 37.1 Å². The summed E-state index contributed by atoms with van der Waals surface area (Å²) in [6.07, 6.45) is 1.32. The molecule has 4 atom stereocenters. The smallest absolute Gasteiger partial charge is 0.0682 e. The van der Waals surface area contributed by atoms with Crippen molar-refractivity contribution >= 4 is 0 Å². The van der Waals surface area contributed by atoms with Gasteiger partial charge < -0.3 is 10.2 Å². The molecule has 14 heavy (non-hydrogen) atoms. The molecule has 0 bridgehead atoms. The zero-order valence-corrected chi connectivity index (χ0v) is 8.93. The number of aliphatic hydroxyl groups excluding tert-OH is 2. The van der Waals surface area contributed by atoms with Crippen LogP contribution >= 0.6 is 0 Å². The molecule has 0 aliphatic carbocycles. The summed E-state index contributed by atoms with van der Waals surface area (Å²) in [6.45, 7) is 1.54. The lowest BCUT2D eigenvalue weighted by atomic mass is 10.0. The van der Waals surface area contributed by atoms with E-state index >= 15 is 0 Å². The van der Waals surface area contributed by atoms with Gasteiger partial charge in [-0.15, -0.1) is 0 Å². The van der Waals surface area contributed by atoms with Gasteiger partial charge >= 0.3 is 0 Å². The fourth-order valence-electron chi connectivity index (χ4n) is 2.90. The molecule has 0 aromatic carbocycles.